The first-order chi connectivity index (χ1) is 7.04. The first kappa shape index (κ1) is 11.8. The Labute approximate surface area is 95.6 Å². The Morgan fingerprint density at radius 3 is 1.87 bits per heavy atom. The summed E-state index contributed by atoms with van der Waals surface area (Å²) in [4.78, 5) is 4.40. The fourth-order valence-electron chi connectivity index (χ4n) is 1.60. The quantitative estimate of drug-likeness (QED) is 0.695. The number of nitrogens with zero attached hydrogens (tertiary/aromatic N) is 2. The first-order valence-corrected chi connectivity index (χ1v) is 6.15. The molecule has 0 heterocycles. The van der Waals surface area contributed by atoms with Crippen molar-refractivity contribution < 1.29 is 0 Å². The summed E-state index contributed by atoms with van der Waals surface area (Å²) in [6.07, 6.45) is 0. The van der Waals surface area contributed by atoms with Crippen molar-refractivity contribution in [3.8, 4) is 0 Å². The van der Waals surface area contributed by atoms with E-state index < -0.39 is 0 Å². The van der Waals surface area contributed by atoms with Gasteiger partial charge in [-0.15, -0.1) is 0 Å². The van der Waals surface area contributed by atoms with Crippen LogP contribution in [-0.4, -0.2) is 48.2 Å². The third kappa shape index (κ3) is 2.86. The van der Waals surface area contributed by atoms with Gasteiger partial charge in [0.1, 0.15) is 0 Å². The smallest absolute Gasteiger partial charge is 0.0618 e. The summed E-state index contributed by atoms with van der Waals surface area (Å²) >= 11 is 0. The summed E-state index contributed by atoms with van der Waals surface area (Å²) in [5.41, 5.74) is 2.62. The van der Waals surface area contributed by atoms with Gasteiger partial charge in [0.2, 0.25) is 0 Å². The molecule has 0 fully saturated rings. The van der Waals surface area contributed by atoms with Crippen molar-refractivity contribution in [2.24, 2.45) is 0 Å². The molecule has 1 rings (SSSR count). The van der Waals surface area contributed by atoms with E-state index in [-0.39, 0.29) is 0 Å². The minimum Gasteiger partial charge on any atom is -0.384 e. The highest BCUT2D eigenvalue weighted by Gasteiger charge is 2.08. The van der Waals surface area contributed by atoms with Gasteiger partial charge in [-0.25, -0.2) is 0 Å². The summed E-state index contributed by atoms with van der Waals surface area (Å²) in [5, 5.41) is 1.41. The summed E-state index contributed by atoms with van der Waals surface area (Å²) < 4.78 is 0. The van der Waals surface area contributed by atoms with Crippen LogP contribution in [0.25, 0.3) is 5.70 Å². The Morgan fingerprint density at radius 2 is 1.47 bits per heavy atom. The van der Waals surface area contributed by atoms with Gasteiger partial charge in [-0.3, -0.25) is 0 Å². The zero-order chi connectivity index (χ0) is 11.4. The van der Waals surface area contributed by atoms with Crippen molar-refractivity contribution in [1.82, 2.24) is 9.80 Å². The molecule has 82 valence electrons. The van der Waals surface area contributed by atoms with E-state index in [0.717, 1.165) is 10.2 Å². The third-order valence-corrected chi connectivity index (χ3v) is 3.88. The number of hydrogen-bond donors (Lipinski definition) is 0. The van der Waals surface area contributed by atoms with E-state index in [0.29, 0.717) is 0 Å². The average molecular weight is 220 g/mol. The number of benzene rings is 1. The van der Waals surface area contributed by atoms with Crippen LogP contribution >= 0.6 is 0 Å². The van der Waals surface area contributed by atoms with Crippen LogP contribution in [0.1, 0.15) is 5.56 Å². The van der Waals surface area contributed by atoms with Crippen molar-refractivity contribution in [1.29, 1.82) is 0 Å². The Kier molecular flexibility index (Phi) is 3.97. The molecular formula is C12H20N2Si. The SMILES string of the molecule is CN(C)C([SiH3])=C(c1ccccc1)N(C)C. The zero-order valence-electron chi connectivity index (χ0n) is 10.3. The number of hydrogen-bond acceptors (Lipinski definition) is 2. The molecule has 0 radical (unpaired) electrons. The lowest BCUT2D eigenvalue weighted by atomic mass is 10.1. The van der Waals surface area contributed by atoms with Gasteiger partial charge in [0.05, 0.1) is 15.9 Å². The molecule has 0 saturated heterocycles. The Balaban J connectivity index is 3.21. The highest BCUT2D eigenvalue weighted by atomic mass is 28.1. The van der Waals surface area contributed by atoms with Crippen molar-refractivity contribution in [2.45, 2.75) is 0 Å². The van der Waals surface area contributed by atoms with Crippen LogP contribution in [0.4, 0.5) is 0 Å². The minimum absolute atomic E-state index is 1.05. The second kappa shape index (κ2) is 5.03. The maximum atomic E-state index is 2.20. The van der Waals surface area contributed by atoms with Crippen LogP contribution in [0, 0.1) is 0 Å². The second-order valence-corrected chi connectivity index (χ2v) is 5.04. The summed E-state index contributed by atoms with van der Waals surface area (Å²) in [7, 11) is 9.47. The zero-order valence-corrected chi connectivity index (χ0v) is 12.3. The maximum Gasteiger partial charge on any atom is 0.0618 e. The molecule has 3 heteroatoms. The molecule has 1 aromatic carbocycles. The van der Waals surface area contributed by atoms with Gasteiger partial charge in [-0.2, -0.15) is 0 Å². The lowest BCUT2D eigenvalue weighted by Gasteiger charge is -2.25. The Hall–Kier alpha value is -1.22. The minimum atomic E-state index is 1.05. The van der Waals surface area contributed by atoms with E-state index in [1.165, 1.54) is 16.6 Å². The molecule has 0 unspecified atom stereocenters. The highest BCUT2D eigenvalue weighted by molar-refractivity contribution is 6.24. The molecule has 0 aromatic heterocycles. The largest absolute Gasteiger partial charge is 0.384 e. The molecular weight excluding hydrogens is 200 g/mol. The molecule has 15 heavy (non-hydrogen) atoms. The fraction of sp³-hybridized carbons (Fsp3) is 0.333. The van der Waals surface area contributed by atoms with E-state index in [2.05, 4.69) is 68.3 Å². The molecule has 0 saturated carbocycles. The fourth-order valence-corrected chi connectivity index (χ4v) is 2.33. The monoisotopic (exact) mass is 220 g/mol. The van der Waals surface area contributed by atoms with Crippen molar-refractivity contribution in [3.63, 3.8) is 0 Å². The molecule has 2 nitrogen and oxygen atoms in total. The predicted molar refractivity (Wildman–Crippen MR) is 70.7 cm³/mol. The van der Waals surface area contributed by atoms with Crippen LogP contribution in [0.5, 0.6) is 0 Å². The van der Waals surface area contributed by atoms with Gasteiger partial charge in [0, 0.05) is 33.5 Å². The highest BCUT2D eigenvalue weighted by Crippen LogP contribution is 2.19. The molecule has 0 aliphatic carbocycles. The van der Waals surface area contributed by atoms with Gasteiger partial charge in [0.15, 0.2) is 0 Å². The molecule has 0 atom stereocenters. The third-order valence-electron chi connectivity index (χ3n) is 2.51. The molecule has 0 amide bonds. The van der Waals surface area contributed by atoms with Crippen LogP contribution < -0.4 is 0 Å². The van der Waals surface area contributed by atoms with Crippen molar-refractivity contribution >= 4 is 15.9 Å². The molecule has 0 aliphatic heterocycles. The van der Waals surface area contributed by atoms with Gasteiger partial charge < -0.3 is 9.80 Å². The average Bonchev–Trinajstić information content (AvgIpc) is 2.18. The summed E-state index contributed by atoms with van der Waals surface area (Å²) in [5.74, 6) is 0. The predicted octanol–water partition coefficient (Wildman–Crippen LogP) is 0.801. The Morgan fingerprint density at radius 1 is 0.933 bits per heavy atom. The van der Waals surface area contributed by atoms with Gasteiger partial charge in [0.25, 0.3) is 0 Å². The van der Waals surface area contributed by atoms with Gasteiger partial charge >= 0.3 is 0 Å². The maximum absolute atomic E-state index is 2.20. The lowest BCUT2D eigenvalue weighted by molar-refractivity contribution is 0.517. The summed E-state index contributed by atoms with van der Waals surface area (Å²) in [6.45, 7) is 0. The van der Waals surface area contributed by atoms with Crippen molar-refractivity contribution in [3.05, 3.63) is 41.2 Å². The lowest BCUT2D eigenvalue weighted by Crippen LogP contribution is -2.20. The summed E-state index contributed by atoms with van der Waals surface area (Å²) in [6, 6.07) is 10.6. The second-order valence-electron chi connectivity index (χ2n) is 4.09. The first-order valence-electron chi connectivity index (χ1n) is 5.15. The van der Waals surface area contributed by atoms with Crippen LogP contribution in [-0.2, 0) is 0 Å². The normalized spacial score (nSPS) is 12.3. The van der Waals surface area contributed by atoms with Crippen LogP contribution in [0.2, 0.25) is 0 Å². The molecule has 0 N–H and O–H groups in total. The van der Waals surface area contributed by atoms with Crippen LogP contribution in [0.15, 0.2) is 35.7 Å². The van der Waals surface area contributed by atoms with E-state index in [9.17, 15) is 0 Å². The molecule has 0 bridgehead atoms. The van der Waals surface area contributed by atoms with E-state index in [1.807, 2.05) is 0 Å². The van der Waals surface area contributed by atoms with E-state index >= 15 is 0 Å². The molecule has 1 aromatic rings. The molecule has 0 aliphatic rings. The van der Waals surface area contributed by atoms with E-state index in [1.54, 1.807) is 0 Å². The number of rotatable bonds is 3. The van der Waals surface area contributed by atoms with Crippen molar-refractivity contribution in [2.75, 3.05) is 28.2 Å². The van der Waals surface area contributed by atoms with Gasteiger partial charge in [-0.05, 0) is 5.56 Å². The Bertz CT molecular complexity index is 342. The topological polar surface area (TPSA) is 6.48 Å². The van der Waals surface area contributed by atoms with Crippen LogP contribution in [0.3, 0.4) is 0 Å². The molecule has 0 spiro atoms. The standard InChI is InChI=1S/C12H20N2Si/c1-13(2)11(12(15)14(3)4)10-8-6-5-7-9-10/h5-9H,1-4,15H3. The van der Waals surface area contributed by atoms with Gasteiger partial charge in [-0.1, -0.05) is 30.3 Å². The van der Waals surface area contributed by atoms with E-state index in [4.69, 9.17) is 0 Å².